The number of hydrogen-bond donors (Lipinski definition) is 1. The van der Waals surface area contributed by atoms with Gasteiger partial charge in [-0.3, -0.25) is 9.59 Å². The minimum Gasteiger partial charge on any atom is -0.481 e. The van der Waals surface area contributed by atoms with Crippen molar-refractivity contribution in [3.8, 4) is 0 Å². The van der Waals surface area contributed by atoms with Crippen LogP contribution in [0.4, 0.5) is 0 Å². The van der Waals surface area contributed by atoms with Crippen molar-refractivity contribution in [1.29, 1.82) is 0 Å². The van der Waals surface area contributed by atoms with Gasteiger partial charge < -0.3 is 10.0 Å². The van der Waals surface area contributed by atoms with E-state index >= 15 is 0 Å². The van der Waals surface area contributed by atoms with Crippen LogP contribution in [0.3, 0.4) is 0 Å². The van der Waals surface area contributed by atoms with Crippen LogP contribution in [0.1, 0.15) is 28.9 Å². The van der Waals surface area contributed by atoms with Gasteiger partial charge in [-0.25, -0.2) is 4.98 Å². The van der Waals surface area contributed by atoms with Crippen molar-refractivity contribution in [1.82, 2.24) is 9.88 Å². The topological polar surface area (TPSA) is 70.5 Å². The maximum atomic E-state index is 12.5. The van der Waals surface area contributed by atoms with Gasteiger partial charge in [-0.1, -0.05) is 30.3 Å². The number of halogens is 1. The maximum Gasteiger partial charge on any atom is 0.314 e. The van der Waals surface area contributed by atoms with Crippen LogP contribution < -0.4 is 0 Å². The lowest BCUT2D eigenvalue weighted by atomic mass is 9.73. The van der Waals surface area contributed by atoms with Crippen molar-refractivity contribution >= 4 is 27.8 Å². The third-order valence-electron chi connectivity index (χ3n) is 4.59. The summed E-state index contributed by atoms with van der Waals surface area (Å²) in [6.45, 7) is 0.801. The number of benzene rings is 1. The molecule has 1 N–H and O–H groups in total. The van der Waals surface area contributed by atoms with Gasteiger partial charge in [-0.2, -0.15) is 0 Å². The van der Waals surface area contributed by atoms with Crippen molar-refractivity contribution in [3.63, 3.8) is 0 Å². The Bertz CT molecular complexity index is 739. The molecule has 1 fully saturated rings. The van der Waals surface area contributed by atoms with E-state index in [0.717, 1.165) is 10.0 Å². The van der Waals surface area contributed by atoms with Gasteiger partial charge in [0.2, 0.25) is 0 Å². The van der Waals surface area contributed by atoms with Gasteiger partial charge in [0.1, 0.15) is 5.69 Å². The molecule has 0 radical (unpaired) electrons. The van der Waals surface area contributed by atoms with E-state index in [1.54, 1.807) is 23.2 Å². The van der Waals surface area contributed by atoms with Crippen LogP contribution in [-0.4, -0.2) is 40.0 Å². The zero-order valence-electron chi connectivity index (χ0n) is 13.0. The van der Waals surface area contributed by atoms with E-state index in [1.165, 1.54) is 0 Å². The first-order chi connectivity index (χ1) is 11.5. The number of piperidine rings is 1. The minimum absolute atomic E-state index is 0.158. The van der Waals surface area contributed by atoms with Crippen LogP contribution in [0.2, 0.25) is 0 Å². The van der Waals surface area contributed by atoms with E-state index in [1.807, 2.05) is 30.3 Å². The molecule has 24 heavy (non-hydrogen) atoms. The number of rotatable bonds is 3. The molecule has 124 valence electrons. The number of nitrogens with zero attached hydrogens (tertiary/aromatic N) is 2. The first-order valence-corrected chi connectivity index (χ1v) is 8.52. The Balaban J connectivity index is 1.77. The molecule has 1 amide bonds. The molecule has 1 saturated heterocycles. The van der Waals surface area contributed by atoms with Crippen LogP contribution in [0.15, 0.2) is 53.1 Å². The molecule has 0 saturated carbocycles. The smallest absolute Gasteiger partial charge is 0.314 e. The number of pyridine rings is 1. The average molecular weight is 389 g/mol. The van der Waals surface area contributed by atoms with Gasteiger partial charge in [0.05, 0.1) is 5.41 Å². The normalized spacial score (nSPS) is 16.6. The number of aromatic nitrogens is 1. The highest BCUT2D eigenvalue weighted by atomic mass is 79.9. The van der Waals surface area contributed by atoms with Gasteiger partial charge in [-0.05, 0) is 46.5 Å². The van der Waals surface area contributed by atoms with Gasteiger partial charge in [0.15, 0.2) is 0 Å². The molecule has 2 aromatic rings. The van der Waals surface area contributed by atoms with Crippen molar-refractivity contribution in [2.75, 3.05) is 13.1 Å². The van der Waals surface area contributed by atoms with Gasteiger partial charge in [-0.15, -0.1) is 0 Å². The summed E-state index contributed by atoms with van der Waals surface area (Å²) in [6, 6.07) is 12.7. The lowest BCUT2D eigenvalue weighted by Crippen LogP contribution is -2.49. The first kappa shape index (κ1) is 16.6. The molecule has 1 aliphatic rings. The molecule has 1 aliphatic heterocycles. The van der Waals surface area contributed by atoms with E-state index in [0.29, 0.717) is 31.6 Å². The summed E-state index contributed by atoms with van der Waals surface area (Å²) in [4.78, 5) is 30.3. The lowest BCUT2D eigenvalue weighted by molar-refractivity contribution is -0.145. The molecule has 1 aromatic heterocycles. The average Bonchev–Trinajstić information content (AvgIpc) is 2.62. The second-order valence-electron chi connectivity index (χ2n) is 5.91. The Kier molecular flexibility index (Phi) is 4.66. The fraction of sp³-hybridized carbons (Fsp3) is 0.278. The molecule has 6 heteroatoms. The van der Waals surface area contributed by atoms with Crippen LogP contribution in [0.5, 0.6) is 0 Å². The van der Waals surface area contributed by atoms with Crippen LogP contribution in [0.25, 0.3) is 0 Å². The van der Waals surface area contributed by atoms with Crippen molar-refractivity contribution in [2.45, 2.75) is 18.3 Å². The Morgan fingerprint density at radius 1 is 1.08 bits per heavy atom. The molecular weight excluding hydrogens is 372 g/mol. The Hall–Kier alpha value is -2.21. The number of hydrogen-bond acceptors (Lipinski definition) is 3. The molecular formula is C18H17BrN2O3. The molecule has 5 nitrogen and oxygen atoms in total. The number of aliphatic carboxylic acids is 1. The molecule has 0 atom stereocenters. The van der Waals surface area contributed by atoms with E-state index in [2.05, 4.69) is 20.9 Å². The fourth-order valence-electron chi connectivity index (χ4n) is 3.14. The third kappa shape index (κ3) is 3.06. The highest BCUT2D eigenvalue weighted by Gasteiger charge is 2.44. The molecule has 3 rings (SSSR count). The predicted octanol–water partition coefficient (Wildman–Crippen LogP) is 3.10. The van der Waals surface area contributed by atoms with E-state index < -0.39 is 11.4 Å². The number of amides is 1. The Morgan fingerprint density at radius 3 is 2.29 bits per heavy atom. The number of carboxylic acid groups (broad SMARTS) is 1. The van der Waals surface area contributed by atoms with Crippen LogP contribution >= 0.6 is 15.9 Å². The number of carboxylic acids is 1. The third-order valence-corrected chi connectivity index (χ3v) is 5.06. The summed E-state index contributed by atoms with van der Waals surface area (Å²) in [5.74, 6) is -0.989. The van der Waals surface area contributed by atoms with Gasteiger partial charge >= 0.3 is 5.97 Å². The molecule has 2 heterocycles. The van der Waals surface area contributed by atoms with Crippen molar-refractivity contribution in [2.24, 2.45) is 0 Å². The monoisotopic (exact) mass is 388 g/mol. The fourth-order valence-corrected chi connectivity index (χ4v) is 3.37. The van der Waals surface area contributed by atoms with E-state index in [9.17, 15) is 14.7 Å². The van der Waals surface area contributed by atoms with Gasteiger partial charge in [0.25, 0.3) is 5.91 Å². The summed E-state index contributed by atoms with van der Waals surface area (Å²) in [5, 5.41) is 9.79. The van der Waals surface area contributed by atoms with E-state index in [-0.39, 0.29) is 5.91 Å². The number of likely N-dealkylation sites (tertiary alicyclic amines) is 1. The summed E-state index contributed by atoms with van der Waals surface area (Å²) in [6.07, 6.45) is 2.38. The molecule has 0 spiro atoms. The summed E-state index contributed by atoms with van der Waals surface area (Å²) in [7, 11) is 0. The zero-order chi connectivity index (χ0) is 17.2. The number of carbonyl (C=O) groups excluding carboxylic acids is 1. The SMILES string of the molecule is O=C(c1ccc(Br)cn1)N1CCC(C(=O)O)(c2ccccc2)CC1. The molecule has 0 unspecified atom stereocenters. The summed E-state index contributed by atoms with van der Waals surface area (Å²) in [5.41, 5.74) is 0.248. The predicted molar refractivity (Wildman–Crippen MR) is 92.8 cm³/mol. The second-order valence-corrected chi connectivity index (χ2v) is 6.82. The van der Waals surface area contributed by atoms with E-state index in [4.69, 9.17) is 0 Å². The Morgan fingerprint density at radius 2 is 1.75 bits per heavy atom. The molecule has 0 aliphatic carbocycles. The maximum absolute atomic E-state index is 12.5. The van der Waals surface area contributed by atoms with Crippen LogP contribution in [-0.2, 0) is 10.2 Å². The lowest BCUT2D eigenvalue weighted by Gasteiger charge is -2.39. The zero-order valence-corrected chi connectivity index (χ0v) is 14.6. The highest BCUT2D eigenvalue weighted by Crippen LogP contribution is 2.36. The van der Waals surface area contributed by atoms with Gasteiger partial charge in [0, 0.05) is 23.8 Å². The standard InChI is InChI=1S/C18H17BrN2O3/c19-14-6-7-15(20-12-14)16(22)21-10-8-18(9-11-21,17(23)24)13-4-2-1-3-5-13/h1-7,12H,8-11H2,(H,23,24). The molecule has 0 bridgehead atoms. The highest BCUT2D eigenvalue weighted by molar-refractivity contribution is 9.10. The Labute approximate surface area is 148 Å². The minimum atomic E-state index is -0.925. The van der Waals surface area contributed by atoms with Crippen LogP contribution in [0, 0.1) is 0 Å². The summed E-state index contributed by atoms with van der Waals surface area (Å²) >= 11 is 3.29. The van der Waals surface area contributed by atoms with Crippen molar-refractivity contribution in [3.05, 3.63) is 64.4 Å². The molecule has 1 aromatic carbocycles. The second kappa shape index (κ2) is 6.73. The largest absolute Gasteiger partial charge is 0.481 e. The first-order valence-electron chi connectivity index (χ1n) is 7.73. The quantitative estimate of drug-likeness (QED) is 0.876. The summed E-state index contributed by atoms with van der Waals surface area (Å²) < 4.78 is 0.812. The van der Waals surface area contributed by atoms with Crippen molar-refractivity contribution < 1.29 is 14.7 Å². The number of carbonyl (C=O) groups is 2.